The van der Waals surface area contributed by atoms with Gasteiger partial charge in [0.05, 0.1) is 0 Å². The summed E-state index contributed by atoms with van der Waals surface area (Å²) in [5.41, 5.74) is 0. The first-order valence-electron chi connectivity index (χ1n) is 4.61. The van der Waals surface area contributed by atoms with Crippen LogP contribution in [0.15, 0.2) is 0 Å². The number of carbonyl (C=O) groups is 2. The number of hydrogen-bond donors (Lipinski definition) is 2. The molecular formula is C9H15NO3. The molecule has 1 fully saturated rings. The first kappa shape index (κ1) is 10.0. The van der Waals surface area contributed by atoms with Gasteiger partial charge in [0.15, 0.2) is 0 Å². The van der Waals surface area contributed by atoms with Gasteiger partial charge in [-0.1, -0.05) is 0 Å². The average molecular weight is 185 g/mol. The summed E-state index contributed by atoms with van der Waals surface area (Å²) in [4.78, 5) is 21.6. The van der Waals surface area contributed by atoms with Crippen LogP contribution < -0.4 is 5.32 Å². The van der Waals surface area contributed by atoms with E-state index in [1.807, 2.05) is 6.92 Å². The van der Waals surface area contributed by atoms with Crippen LogP contribution in [-0.2, 0) is 9.59 Å². The Morgan fingerprint density at radius 2 is 2.31 bits per heavy atom. The number of hydrogen-bond acceptors (Lipinski definition) is 2. The van der Waals surface area contributed by atoms with Gasteiger partial charge >= 0.3 is 5.97 Å². The fraction of sp³-hybridized carbons (Fsp3) is 0.778. The lowest BCUT2D eigenvalue weighted by Gasteiger charge is -2.26. The summed E-state index contributed by atoms with van der Waals surface area (Å²) in [6, 6.07) is 0.244. The molecule has 1 amide bonds. The molecule has 13 heavy (non-hydrogen) atoms. The predicted molar refractivity (Wildman–Crippen MR) is 47.2 cm³/mol. The maximum atomic E-state index is 11.3. The van der Waals surface area contributed by atoms with Gasteiger partial charge in [-0.05, 0) is 26.2 Å². The van der Waals surface area contributed by atoms with E-state index in [1.54, 1.807) is 0 Å². The van der Waals surface area contributed by atoms with Crippen molar-refractivity contribution < 1.29 is 14.7 Å². The van der Waals surface area contributed by atoms with Crippen LogP contribution in [0.1, 0.15) is 32.6 Å². The molecule has 0 spiro atoms. The van der Waals surface area contributed by atoms with Gasteiger partial charge in [0.1, 0.15) is 0 Å². The van der Waals surface area contributed by atoms with E-state index >= 15 is 0 Å². The Hall–Kier alpha value is -1.06. The van der Waals surface area contributed by atoms with Crippen LogP contribution in [0, 0.1) is 5.92 Å². The summed E-state index contributed by atoms with van der Waals surface area (Å²) in [6.07, 6.45) is 2.33. The minimum absolute atomic E-state index is 0.0139. The second-order valence-corrected chi connectivity index (χ2v) is 3.62. The number of amides is 1. The van der Waals surface area contributed by atoms with Crippen molar-refractivity contribution in [3.63, 3.8) is 0 Å². The standard InChI is InChI=1S/C9H15NO3/c1-6-2-3-7(9(13)10-6)4-5-8(11)12/h6-7H,2-5H2,1H3,(H,10,13)(H,11,12). The van der Waals surface area contributed by atoms with E-state index in [4.69, 9.17) is 5.11 Å². The third-order valence-corrected chi connectivity index (χ3v) is 2.41. The summed E-state index contributed by atoms with van der Waals surface area (Å²) in [5, 5.41) is 11.3. The predicted octanol–water partition coefficient (Wildman–Crippen LogP) is 0.766. The van der Waals surface area contributed by atoms with E-state index in [0.717, 1.165) is 12.8 Å². The summed E-state index contributed by atoms with van der Waals surface area (Å²) in [7, 11) is 0. The number of aliphatic carboxylic acids is 1. The van der Waals surface area contributed by atoms with Gasteiger partial charge in [-0.15, -0.1) is 0 Å². The van der Waals surface area contributed by atoms with E-state index in [2.05, 4.69) is 5.32 Å². The first-order chi connectivity index (χ1) is 6.09. The zero-order valence-electron chi connectivity index (χ0n) is 7.75. The van der Waals surface area contributed by atoms with Crippen molar-refractivity contribution in [1.82, 2.24) is 5.32 Å². The molecule has 0 saturated carbocycles. The van der Waals surface area contributed by atoms with Crippen LogP contribution in [-0.4, -0.2) is 23.0 Å². The molecule has 1 heterocycles. The molecule has 0 bridgehead atoms. The molecule has 1 aliphatic rings. The van der Waals surface area contributed by atoms with Crippen molar-refractivity contribution in [3.05, 3.63) is 0 Å². The fourth-order valence-corrected chi connectivity index (χ4v) is 1.59. The van der Waals surface area contributed by atoms with Crippen molar-refractivity contribution in [2.45, 2.75) is 38.6 Å². The maximum absolute atomic E-state index is 11.3. The summed E-state index contributed by atoms with van der Waals surface area (Å²) >= 11 is 0. The highest BCUT2D eigenvalue weighted by Gasteiger charge is 2.25. The normalized spacial score (nSPS) is 28.2. The Kier molecular flexibility index (Phi) is 3.28. The Morgan fingerprint density at radius 3 is 2.85 bits per heavy atom. The molecule has 2 unspecified atom stereocenters. The molecule has 4 heteroatoms. The third kappa shape index (κ3) is 3.05. The SMILES string of the molecule is CC1CCC(CCC(=O)O)C(=O)N1. The van der Waals surface area contributed by atoms with Gasteiger partial charge in [-0.25, -0.2) is 0 Å². The van der Waals surface area contributed by atoms with E-state index in [9.17, 15) is 9.59 Å². The Balaban J connectivity index is 2.34. The average Bonchev–Trinajstić information content (AvgIpc) is 2.02. The fourth-order valence-electron chi connectivity index (χ4n) is 1.59. The highest BCUT2D eigenvalue weighted by molar-refractivity contribution is 5.80. The topological polar surface area (TPSA) is 66.4 Å². The Morgan fingerprint density at radius 1 is 1.62 bits per heavy atom. The van der Waals surface area contributed by atoms with E-state index in [0.29, 0.717) is 6.42 Å². The molecule has 0 aromatic carbocycles. The lowest BCUT2D eigenvalue weighted by Crippen LogP contribution is -2.42. The number of carboxylic acid groups (broad SMARTS) is 1. The quantitative estimate of drug-likeness (QED) is 0.682. The molecule has 4 nitrogen and oxygen atoms in total. The van der Waals surface area contributed by atoms with E-state index < -0.39 is 5.97 Å². The molecule has 0 radical (unpaired) electrons. The number of rotatable bonds is 3. The van der Waals surface area contributed by atoms with Gasteiger partial charge in [0.2, 0.25) is 5.91 Å². The first-order valence-corrected chi connectivity index (χ1v) is 4.61. The maximum Gasteiger partial charge on any atom is 0.303 e. The number of piperidine rings is 1. The molecule has 74 valence electrons. The molecule has 1 rings (SSSR count). The Bertz CT molecular complexity index is 215. The molecule has 0 aliphatic carbocycles. The van der Waals surface area contributed by atoms with Gasteiger partial charge < -0.3 is 10.4 Å². The molecule has 0 aromatic heterocycles. The molecule has 1 aliphatic heterocycles. The van der Waals surface area contributed by atoms with E-state index in [-0.39, 0.29) is 24.3 Å². The van der Waals surface area contributed by atoms with Crippen LogP contribution in [0.3, 0.4) is 0 Å². The van der Waals surface area contributed by atoms with Crippen molar-refractivity contribution in [1.29, 1.82) is 0 Å². The highest BCUT2D eigenvalue weighted by atomic mass is 16.4. The van der Waals surface area contributed by atoms with Gasteiger partial charge in [-0.2, -0.15) is 0 Å². The van der Waals surface area contributed by atoms with Crippen LogP contribution >= 0.6 is 0 Å². The van der Waals surface area contributed by atoms with Crippen LogP contribution in [0.2, 0.25) is 0 Å². The minimum Gasteiger partial charge on any atom is -0.481 e. The second kappa shape index (κ2) is 4.25. The zero-order chi connectivity index (χ0) is 9.84. The highest BCUT2D eigenvalue weighted by Crippen LogP contribution is 2.19. The molecule has 0 aromatic rings. The minimum atomic E-state index is -0.827. The largest absolute Gasteiger partial charge is 0.481 e. The second-order valence-electron chi connectivity index (χ2n) is 3.62. The number of carboxylic acids is 1. The van der Waals surface area contributed by atoms with Gasteiger partial charge in [-0.3, -0.25) is 9.59 Å². The molecule has 1 saturated heterocycles. The third-order valence-electron chi connectivity index (χ3n) is 2.41. The number of nitrogens with one attached hydrogen (secondary N) is 1. The van der Waals surface area contributed by atoms with Crippen LogP contribution in [0.5, 0.6) is 0 Å². The summed E-state index contributed by atoms with van der Waals surface area (Å²) in [5.74, 6) is -0.904. The lowest BCUT2D eigenvalue weighted by atomic mass is 9.91. The monoisotopic (exact) mass is 185 g/mol. The Labute approximate surface area is 77.3 Å². The number of carbonyl (C=O) groups excluding carboxylic acids is 1. The van der Waals surface area contributed by atoms with Crippen molar-refractivity contribution in [2.75, 3.05) is 0 Å². The molecule has 2 N–H and O–H groups in total. The van der Waals surface area contributed by atoms with Crippen molar-refractivity contribution >= 4 is 11.9 Å². The van der Waals surface area contributed by atoms with Gasteiger partial charge in [0.25, 0.3) is 0 Å². The smallest absolute Gasteiger partial charge is 0.303 e. The lowest BCUT2D eigenvalue weighted by molar-refractivity contribution is -0.137. The zero-order valence-corrected chi connectivity index (χ0v) is 7.75. The van der Waals surface area contributed by atoms with E-state index in [1.165, 1.54) is 0 Å². The summed E-state index contributed by atoms with van der Waals surface area (Å²) < 4.78 is 0. The van der Waals surface area contributed by atoms with Crippen molar-refractivity contribution in [3.8, 4) is 0 Å². The molecule has 2 atom stereocenters. The summed E-state index contributed by atoms with van der Waals surface area (Å²) in [6.45, 7) is 1.96. The van der Waals surface area contributed by atoms with Crippen molar-refractivity contribution in [2.24, 2.45) is 5.92 Å². The molecular weight excluding hydrogens is 170 g/mol. The van der Waals surface area contributed by atoms with Crippen LogP contribution in [0.25, 0.3) is 0 Å². The van der Waals surface area contributed by atoms with Crippen LogP contribution in [0.4, 0.5) is 0 Å². The van der Waals surface area contributed by atoms with Gasteiger partial charge in [0, 0.05) is 18.4 Å².